The largest absolute Gasteiger partial charge is 0.480 e. The number of benzene rings is 2. The van der Waals surface area contributed by atoms with Crippen molar-refractivity contribution in [2.75, 3.05) is 19.6 Å². The summed E-state index contributed by atoms with van der Waals surface area (Å²) >= 11 is 0. The van der Waals surface area contributed by atoms with Gasteiger partial charge >= 0.3 is 5.97 Å². The molecule has 1 aliphatic heterocycles. The Hall–Kier alpha value is -2.71. The molecule has 1 amide bonds. The molecule has 29 heavy (non-hydrogen) atoms. The van der Waals surface area contributed by atoms with E-state index in [1.54, 1.807) is 6.92 Å². The topological polar surface area (TPSA) is 104 Å². The van der Waals surface area contributed by atoms with Gasteiger partial charge < -0.3 is 10.4 Å². The predicted octanol–water partition coefficient (Wildman–Crippen LogP) is 2.38. The molecule has 0 radical (unpaired) electrons. The van der Waals surface area contributed by atoms with Gasteiger partial charge in [0.25, 0.3) is 5.91 Å². The van der Waals surface area contributed by atoms with Gasteiger partial charge in [-0.15, -0.1) is 0 Å². The van der Waals surface area contributed by atoms with Crippen LogP contribution in [-0.2, 0) is 14.8 Å². The lowest BCUT2D eigenvalue weighted by Gasteiger charge is -2.31. The molecule has 0 saturated carbocycles. The van der Waals surface area contributed by atoms with Crippen molar-refractivity contribution in [2.24, 2.45) is 0 Å². The van der Waals surface area contributed by atoms with E-state index in [0.29, 0.717) is 24.6 Å². The van der Waals surface area contributed by atoms with Crippen LogP contribution < -0.4 is 5.32 Å². The highest BCUT2D eigenvalue weighted by atomic mass is 32.2. The maximum absolute atomic E-state index is 13.0. The molecule has 3 rings (SSSR count). The number of carbonyl (C=O) groups is 2. The molecule has 7 nitrogen and oxygen atoms in total. The Balaban J connectivity index is 1.70. The Morgan fingerprint density at radius 2 is 1.76 bits per heavy atom. The van der Waals surface area contributed by atoms with Gasteiger partial charge in [-0.1, -0.05) is 30.3 Å². The Labute approximate surface area is 170 Å². The van der Waals surface area contributed by atoms with Crippen molar-refractivity contribution in [3.8, 4) is 0 Å². The molecule has 1 saturated heterocycles. The van der Waals surface area contributed by atoms with E-state index >= 15 is 0 Å². The van der Waals surface area contributed by atoms with Gasteiger partial charge in [0, 0.05) is 18.7 Å². The van der Waals surface area contributed by atoms with E-state index in [1.807, 2.05) is 18.2 Å². The Morgan fingerprint density at radius 1 is 1.10 bits per heavy atom. The molecule has 1 aliphatic rings. The summed E-state index contributed by atoms with van der Waals surface area (Å²) in [6.07, 6.45) is 1.52. The third kappa shape index (κ3) is 4.83. The molecule has 154 valence electrons. The maximum Gasteiger partial charge on any atom is 0.322 e. The van der Waals surface area contributed by atoms with Crippen LogP contribution in [0.25, 0.3) is 0 Å². The third-order valence-electron chi connectivity index (χ3n) is 5.21. The van der Waals surface area contributed by atoms with Gasteiger partial charge in [-0.25, -0.2) is 8.42 Å². The molecule has 1 heterocycles. The van der Waals surface area contributed by atoms with Gasteiger partial charge in [-0.3, -0.25) is 9.59 Å². The number of nitrogens with zero attached hydrogens (tertiary/aromatic N) is 1. The second-order valence-corrected chi connectivity index (χ2v) is 9.08. The fourth-order valence-corrected chi connectivity index (χ4v) is 5.16. The summed E-state index contributed by atoms with van der Waals surface area (Å²) in [4.78, 5) is 22.8. The highest BCUT2D eigenvalue weighted by Crippen LogP contribution is 2.31. The van der Waals surface area contributed by atoms with E-state index in [1.165, 1.54) is 28.1 Å². The first-order chi connectivity index (χ1) is 13.8. The van der Waals surface area contributed by atoms with Crippen LogP contribution >= 0.6 is 0 Å². The number of aliphatic carboxylic acids is 1. The normalized spacial score (nSPS) is 15.8. The third-order valence-corrected chi connectivity index (χ3v) is 7.10. The standard InChI is InChI=1S/C21H24N2O5S/c1-15-13-18(7-8-19(15)21(26)22-14-20(24)25)29(27,28)23-11-9-17(10-12-23)16-5-3-2-4-6-16/h2-8,13,17H,9-12,14H2,1H3,(H,22,26)(H,24,25). The summed E-state index contributed by atoms with van der Waals surface area (Å²) in [6, 6.07) is 14.4. The zero-order valence-corrected chi connectivity index (χ0v) is 17.0. The molecule has 2 aromatic rings. The molecular formula is C21H24N2O5S. The van der Waals surface area contributed by atoms with Gasteiger partial charge in [0.2, 0.25) is 10.0 Å². The lowest BCUT2D eigenvalue weighted by molar-refractivity contribution is -0.135. The number of hydrogen-bond acceptors (Lipinski definition) is 4. The zero-order chi connectivity index (χ0) is 21.0. The summed E-state index contributed by atoms with van der Waals surface area (Å²) in [6.45, 7) is 2.04. The van der Waals surface area contributed by atoms with Crippen molar-refractivity contribution >= 4 is 21.9 Å². The number of carboxylic acids is 1. The van der Waals surface area contributed by atoms with E-state index < -0.39 is 28.4 Å². The number of carbonyl (C=O) groups excluding carboxylic acids is 1. The Bertz CT molecular complexity index is 997. The van der Waals surface area contributed by atoms with Crippen LogP contribution in [0.3, 0.4) is 0 Å². The van der Waals surface area contributed by atoms with E-state index in [4.69, 9.17) is 5.11 Å². The fourth-order valence-electron chi connectivity index (χ4n) is 3.61. The van der Waals surface area contributed by atoms with E-state index in [-0.39, 0.29) is 10.5 Å². The lowest BCUT2D eigenvalue weighted by Crippen LogP contribution is -2.38. The molecular weight excluding hydrogens is 392 g/mol. The van der Waals surface area contributed by atoms with Gasteiger partial charge in [0.05, 0.1) is 4.90 Å². The Morgan fingerprint density at radius 3 is 2.34 bits per heavy atom. The number of amides is 1. The molecule has 0 unspecified atom stereocenters. The average Bonchev–Trinajstić information content (AvgIpc) is 2.72. The first-order valence-corrected chi connectivity index (χ1v) is 10.9. The number of rotatable bonds is 6. The smallest absolute Gasteiger partial charge is 0.322 e. The summed E-state index contributed by atoms with van der Waals surface area (Å²) < 4.78 is 27.5. The summed E-state index contributed by atoms with van der Waals surface area (Å²) in [7, 11) is -3.65. The number of carboxylic acid groups (broad SMARTS) is 1. The van der Waals surface area contributed by atoms with Gasteiger partial charge in [-0.05, 0) is 55.0 Å². The van der Waals surface area contributed by atoms with E-state index in [9.17, 15) is 18.0 Å². The summed E-state index contributed by atoms with van der Waals surface area (Å²) in [5, 5.41) is 10.9. The van der Waals surface area contributed by atoms with Crippen LogP contribution in [-0.4, -0.2) is 49.3 Å². The quantitative estimate of drug-likeness (QED) is 0.752. The summed E-state index contributed by atoms with van der Waals surface area (Å²) in [5.41, 5.74) is 1.97. The highest BCUT2D eigenvalue weighted by Gasteiger charge is 2.30. The van der Waals surface area contributed by atoms with Crippen molar-refractivity contribution in [1.29, 1.82) is 0 Å². The van der Waals surface area contributed by atoms with Crippen LogP contribution in [0.5, 0.6) is 0 Å². The number of sulfonamides is 1. The highest BCUT2D eigenvalue weighted by molar-refractivity contribution is 7.89. The first-order valence-electron chi connectivity index (χ1n) is 9.45. The molecule has 0 atom stereocenters. The molecule has 0 spiro atoms. The zero-order valence-electron chi connectivity index (χ0n) is 16.2. The number of hydrogen-bond donors (Lipinski definition) is 2. The maximum atomic E-state index is 13.0. The monoisotopic (exact) mass is 416 g/mol. The molecule has 1 fully saturated rings. The first kappa shape index (κ1) is 21.0. The minimum Gasteiger partial charge on any atom is -0.480 e. The molecule has 0 bridgehead atoms. The van der Waals surface area contributed by atoms with E-state index in [0.717, 1.165) is 12.8 Å². The Kier molecular flexibility index (Phi) is 6.34. The molecule has 0 aromatic heterocycles. The predicted molar refractivity (Wildman–Crippen MR) is 108 cm³/mol. The van der Waals surface area contributed by atoms with E-state index in [2.05, 4.69) is 17.4 Å². The molecule has 2 aromatic carbocycles. The number of nitrogens with one attached hydrogen (secondary N) is 1. The minimum absolute atomic E-state index is 0.142. The van der Waals surface area contributed by atoms with Gasteiger partial charge in [0.15, 0.2) is 0 Å². The van der Waals surface area contributed by atoms with Gasteiger partial charge in [0.1, 0.15) is 6.54 Å². The summed E-state index contributed by atoms with van der Waals surface area (Å²) in [5.74, 6) is -1.34. The van der Waals surface area contributed by atoms with Crippen LogP contribution in [0.1, 0.15) is 40.2 Å². The molecule has 2 N–H and O–H groups in total. The van der Waals surface area contributed by atoms with Crippen LogP contribution in [0.4, 0.5) is 0 Å². The number of aryl methyl sites for hydroxylation is 1. The van der Waals surface area contributed by atoms with Crippen LogP contribution in [0.15, 0.2) is 53.4 Å². The van der Waals surface area contributed by atoms with Crippen LogP contribution in [0, 0.1) is 6.92 Å². The van der Waals surface area contributed by atoms with Crippen molar-refractivity contribution in [3.05, 3.63) is 65.2 Å². The lowest BCUT2D eigenvalue weighted by atomic mass is 9.90. The molecule has 8 heteroatoms. The fraction of sp³-hybridized carbons (Fsp3) is 0.333. The average molecular weight is 416 g/mol. The van der Waals surface area contributed by atoms with Gasteiger partial charge in [-0.2, -0.15) is 4.31 Å². The van der Waals surface area contributed by atoms with Crippen molar-refractivity contribution in [3.63, 3.8) is 0 Å². The van der Waals surface area contributed by atoms with Crippen molar-refractivity contribution in [2.45, 2.75) is 30.6 Å². The SMILES string of the molecule is Cc1cc(S(=O)(=O)N2CCC(c3ccccc3)CC2)ccc1C(=O)NCC(=O)O. The minimum atomic E-state index is -3.65. The van der Waals surface area contributed by atoms with Crippen molar-refractivity contribution < 1.29 is 23.1 Å². The van der Waals surface area contributed by atoms with Crippen LogP contribution in [0.2, 0.25) is 0 Å². The molecule has 0 aliphatic carbocycles. The number of piperidine rings is 1. The second kappa shape index (κ2) is 8.75. The second-order valence-electron chi connectivity index (χ2n) is 7.14. The van der Waals surface area contributed by atoms with Crippen molar-refractivity contribution in [1.82, 2.24) is 9.62 Å².